The van der Waals surface area contributed by atoms with E-state index < -0.39 is 0 Å². The molecule has 1 aromatic carbocycles. The standard InChI is InChI=1S/C11H9ClO4/c1-14-8-4-3-6-9(13)7(12)5-16-10(6)11(8)15-2/h3-5H,1-2H3. The van der Waals surface area contributed by atoms with Crippen LogP contribution in [-0.4, -0.2) is 14.2 Å². The first-order valence-electron chi connectivity index (χ1n) is 4.51. The highest BCUT2D eigenvalue weighted by molar-refractivity contribution is 6.30. The van der Waals surface area contributed by atoms with Crippen LogP contribution in [0.1, 0.15) is 0 Å². The molecule has 0 aliphatic carbocycles. The minimum absolute atomic E-state index is 0.0414. The zero-order valence-electron chi connectivity index (χ0n) is 8.74. The molecule has 4 nitrogen and oxygen atoms in total. The molecule has 0 radical (unpaired) electrons. The summed E-state index contributed by atoms with van der Waals surface area (Å²) in [6.07, 6.45) is 1.19. The molecule has 0 aliphatic heterocycles. The lowest BCUT2D eigenvalue weighted by atomic mass is 10.2. The van der Waals surface area contributed by atoms with Crippen molar-refractivity contribution in [2.24, 2.45) is 0 Å². The maximum atomic E-state index is 11.7. The minimum atomic E-state index is -0.288. The summed E-state index contributed by atoms with van der Waals surface area (Å²) < 4.78 is 15.5. The number of halogens is 1. The maximum absolute atomic E-state index is 11.7. The maximum Gasteiger partial charge on any atom is 0.211 e. The highest BCUT2D eigenvalue weighted by Gasteiger charge is 2.14. The third-order valence-corrected chi connectivity index (χ3v) is 2.50. The van der Waals surface area contributed by atoms with Crippen LogP contribution in [-0.2, 0) is 0 Å². The zero-order chi connectivity index (χ0) is 11.7. The van der Waals surface area contributed by atoms with Crippen LogP contribution >= 0.6 is 11.6 Å². The number of hydrogen-bond donors (Lipinski definition) is 0. The van der Waals surface area contributed by atoms with Gasteiger partial charge in [0.2, 0.25) is 11.2 Å². The Kier molecular flexibility index (Phi) is 2.75. The van der Waals surface area contributed by atoms with Crippen LogP contribution in [0, 0.1) is 0 Å². The third kappa shape index (κ3) is 1.51. The van der Waals surface area contributed by atoms with E-state index in [2.05, 4.69) is 0 Å². The van der Waals surface area contributed by atoms with E-state index in [1.165, 1.54) is 20.5 Å². The summed E-state index contributed by atoms with van der Waals surface area (Å²) in [4.78, 5) is 11.7. The second-order valence-electron chi connectivity index (χ2n) is 3.09. The van der Waals surface area contributed by atoms with Crippen LogP contribution in [0.25, 0.3) is 11.0 Å². The number of benzene rings is 1. The van der Waals surface area contributed by atoms with E-state index in [0.29, 0.717) is 22.5 Å². The number of fused-ring (bicyclic) bond motifs is 1. The van der Waals surface area contributed by atoms with Crippen molar-refractivity contribution < 1.29 is 13.9 Å². The van der Waals surface area contributed by atoms with Crippen LogP contribution < -0.4 is 14.9 Å². The largest absolute Gasteiger partial charge is 0.493 e. The molecule has 0 saturated carbocycles. The van der Waals surface area contributed by atoms with Gasteiger partial charge in [-0.25, -0.2) is 0 Å². The van der Waals surface area contributed by atoms with Gasteiger partial charge >= 0.3 is 0 Å². The number of ether oxygens (including phenoxy) is 2. The lowest BCUT2D eigenvalue weighted by molar-refractivity contribution is 0.353. The molecule has 0 fully saturated rings. The minimum Gasteiger partial charge on any atom is -0.493 e. The van der Waals surface area contributed by atoms with E-state index in [1.807, 2.05) is 0 Å². The van der Waals surface area contributed by atoms with Crippen LogP contribution in [0.3, 0.4) is 0 Å². The topological polar surface area (TPSA) is 48.7 Å². The fraction of sp³-hybridized carbons (Fsp3) is 0.182. The molecule has 0 N–H and O–H groups in total. The highest BCUT2D eigenvalue weighted by atomic mass is 35.5. The van der Waals surface area contributed by atoms with Gasteiger partial charge in [-0.2, -0.15) is 0 Å². The Morgan fingerprint density at radius 2 is 2.00 bits per heavy atom. The van der Waals surface area contributed by atoms with E-state index in [0.717, 1.165) is 0 Å². The van der Waals surface area contributed by atoms with Gasteiger partial charge in [-0.15, -0.1) is 0 Å². The van der Waals surface area contributed by atoms with E-state index in [4.69, 9.17) is 25.5 Å². The molecule has 2 aromatic rings. The third-order valence-electron chi connectivity index (χ3n) is 2.24. The van der Waals surface area contributed by atoms with Gasteiger partial charge in [0.1, 0.15) is 11.3 Å². The number of methoxy groups -OCH3 is 2. The van der Waals surface area contributed by atoms with Gasteiger partial charge in [0.05, 0.1) is 19.6 Å². The molecule has 1 aromatic heterocycles. The molecule has 0 unspecified atom stereocenters. The van der Waals surface area contributed by atoms with Crippen molar-refractivity contribution in [1.29, 1.82) is 0 Å². The Morgan fingerprint density at radius 3 is 2.62 bits per heavy atom. The van der Waals surface area contributed by atoms with Gasteiger partial charge in [-0.1, -0.05) is 11.6 Å². The first-order valence-corrected chi connectivity index (χ1v) is 4.89. The average molecular weight is 241 g/mol. The summed E-state index contributed by atoms with van der Waals surface area (Å²) in [5, 5.41) is 0.407. The smallest absolute Gasteiger partial charge is 0.211 e. The van der Waals surface area contributed by atoms with Crippen molar-refractivity contribution in [1.82, 2.24) is 0 Å². The molecule has 0 atom stereocenters. The monoisotopic (exact) mass is 240 g/mol. The summed E-state index contributed by atoms with van der Waals surface area (Å²) in [7, 11) is 2.99. The van der Waals surface area contributed by atoms with E-state index in [9.17, 15) is 4.79 Å². The normalized spacial score (nSPS) is 10.4. The van der Waals surface area contributed by atoms with E-state index >= 15 is 0 Å². The fourth-order valence-corrected chi connectivity index (χ4v) is 1.63. The van der Waals surface area contributed by atoms with Gasteiger partial charge in [0, 0.05) is 0 Å². The first kappa shape index (κ1) is 10.8. The molecule has 0 bridgehead atoms. The van der Waals surface area contributed by atoms with Crippen molar-refractivity contribution in [3.8, 4) is 11.5 Å². The van der Waals surface area contributed by atoms with Gasteiger partial charge in [-0.05, 0) is 12.1 Å². The molecule has 84 valence electrons. The van der Waals surface area contributed by atoms with Crippen molar-refractivity contribution in [2.75, 3.05) is 14.2 Å². The summed E-state index contributed by atoms with van der Waals surface area (Å²) in [5.74, 6) is 0.884. The average Bonchev–Trinajstić information content (AvgIpc) is 2.32. The van der Waals surface area contributed by atoms with Crippen LogP contribution in [0.5, 0.6) is 11.5 Å². The highest BCUT2D eigenvalue weighted by Crippen LogP contribution is 2.34. The van der Waals surface area contributed by atoms with Crippen molar-refractivity contribution >= 4 is 22.6 Å². The number of rotatable bonds is 2. The summed E-state index contributed by atoms with van der Waals surface area (Å²) in [6.45, 7) is 0. The predicted molar refractivity (Wildman–Crippen MR) is 60.6 cm³/mol. The molecule has 0 spiro atoms. The van der Waals surface area contributed by atoms with E-state index in [1.54, 1.807) is 12.1 Å². The van der Waals surface area contributed by atoms with Crippen molar-refractivity contribution in [2.45, 2.75) is 0 Å². The van der Waals surface area contributed by atoms with Gasteiger partial charge in [-0.3, -0.25) is 4.79 Å². The van der Waals surface area contributed by atoms with Crippen molar-refractivity contribution in [3.63, 3.8) is 0 Å². The second-order valence-corrected chi connectivity index (χ2v) is 3.50. The fourth-order valence-electron chi connectivity index (χ4n) is 1.49. The Morgan fingerprint density at radius 1 is 1.25 bits per heavy atom. The van der Waals surface area contributed by atoms with Gasteiger partial charge in [0.25, 0.3) is 0 Å². The first-order chi connectivity index (χ1) is 7.69. The molecule has 5 heteroatoms. The quantitative estimate of drug-likeness (QED) is 0.809. The Hall–Kier alpha value is -1.68. The second kappa shape index (κ2) is 4.06. The van der Waals surface area contributed by atoms with Gasteiger partial charge < -0.3 is 13.9 Å². The number of hydrogen-bond acceptors (Lipinski definition) is 4. The zero-order valence-corrected chi connectivity index (χ0v) is 9.50. The van der Waals surface area contributed by atoms with Gasteiger partial charge in [0.15, 0.2) is 11.3 Å². The van der Waals surface area contributed by atoms with Crippen LogP contribution in [0.15, 0.2) is 27.6 Å². The molecule has 16 heavy (non-hydrogen) atoms. The molecule has 1 heterocycles. The van der Waals surface area contributed by atoms with Crippen molar-refractivity contribution in [3.05, 3.63) is 33.6 Å². The predicted octanol–water partition coefficient (Wildman–Crippen LogP) is 2.46. The lowest BCUT2D eigenvalue weighted by Crippen LogP contribution is -2.02. The molecular formula is C11H9ClO4. The summed E-state index contributed by atoms with van der Waals surface area (Å²) in [5.41, 5.74) is 0.0418. The van der Waals surface area contributed by atoms with Crippen LogP contribution in [0.2, 0.25) is 5.02 Å². The SMILES string of the molecule is COc1ccc2c(=O)c(Cl)coc2c1OC. The summed E-state index contributed by atoms with van der Waals surface area (Å²) in [6, 6.07) is 3.23. The molecule has 2 rings (SSSR count). The molecular weight excluding hydrogens is 232 g/mol. The Bertz CT molecular complexity index is 588. The summed E-state index contributed by atoms with van der Waals surface area (Å²) >= 11 is 5.68. The molecule has 0 saturated heterocycles. The molecule has 0 aliphatic rings. The van der Waals surface area contributed by atoms with Crippen LogP contribution in [0.4, 0.5) is 0 Å². The molecule has 0 amide bonds. The lowest BCUT2D eigenvalue weighted by Gasteiger charge is -2.08. The Balaban J connectivity index is 2.90. The Labute approximate surface area is 96.3 Å². The van der Waals surface area contributed by atoms with E-state index in [-0.39, 0.29) is 10.5 Å².